The highest BCUT2D eigenvalue weighted by atomic mass is 32.2. The highest BCUT2D eigenvalue weighted by molar-refractivity contribution is 7.89. The number of aliphatic imine (C=N–C) groups is 1. The Labute approximate surface area is 122 Å². The predicted molar refractivity (Wildman–Crippen MR) is 83.1 cm³/mol. The van der Waals surface area contributed by atoms with E-state index in [2.05, 4.69) is 4.99 Å². The smallest absolute Gasteiger partial charge is 0.243 e. The largest absolute Gasteiger partial charge is 0.369 e. The van der Waals surface area contributed by atoms with Crippen molar-refractivity contribution in [1.82, 2.24) is 9.21 Å². The summed E-state index contributed by atoms with van der Waals surface area (Å²) in [5.41, 5.74) is 1.62. The van der Waals surface area contributed by atoms with Crippen LogP contribution in [0.4, 0.5) is 5.69 Å². The molecule has 0 unspecified atom stereocenters. The van der Waals surface area contributed by atoms with Crippen LogP contribution < -0.4 is 0 Å². The molecule has 6 heteroatoms. The predicted octanol–water partition coefficient (Wildman–Crippen LogP) is 2.25. The van der Waals surface area contributed by atoms with Gasteiger partial charge in [0.15, 0.2) is 0 Å². The second kappa shape index (κ2) is 6.85. The van der Waals surface area contributed by atoms with Gasteiger partial charge in [-0.3, -0.25) is 0 Å². The zero-order valence-electron chi connectivity index (χ0n) is 12.8. The summed E-state index contributed by atoms with van der Waals surface area (Å²) >= 11 is 0. The zero-order valence-corrected chi connectivity index (χ0v) is 13.6. The number of hydrogen-bond donors (Lipinski definition) is 0. The average Bonchev–Trinajstić information content (AvgIpc) is 2.38. The molecule has 1 rings (SSSR count). The number of nitrogens with zero attached hydrogens (tertiary/aromatic N) is 3. The monoisotopic (exact) mass is 297 g/mol. The third-order valence-electron chi connectivity index (χ3n) is 2.95. The van der Waals surface area contributed by atoms with Gasteiger partial charge in [-0.15, -0.1) is 0 Å². The first kappa shape index (κ1) is 16.7. The van der Waals surface area contributed by atoms with Crippen molar-refractivity contribution in [3.8, 4) is 0 Å². The van der Waals surface area contributed by atoms with Crippen LogP contribution in [0.25, 0.3) is 0 Å². The van der Waals surface area contributed by atoms with Gasteiger partial charge in [0.25, 0.3) is 0 Å². The second-order valence-corrected chi connectivity index (χ2v) is 6.68. The van der Waals surface area contributed by atoms with Crippen LogP contribution >= 0.6 is 0 Å². The van der Waals surface area contributed by atoms with E-state index in [0.29, 0.717) is 18.8 Å². The third kappa shape index (κ3) is 3.80. The van der Waals surface area contributed by atoms with E-state index in [0.717, 1.165) is 5.56 Å². The average molecular weight is 297 g/mol. The Bertz CT molecular complexity index is 576. The van der Waals surface area contributed by atoms with Gasteiger partial charge in [-0.2, -0.15) is 4.31 Å². The molecule has 112 valence electrons. The molecule has 0 saturated carbocycles. The van der Waals surface area contributed by atoms with Crippen LogP contribution in [0, 0.1) is 6.92 Å². The van der Waals surface area contributed by atoms with E-state index in [1.165, 1.54) is 4.31 Å². The number of hydrogen-bond acceptors (Lipinski definition) is 3. The van der Waals surface area contributed by atoms with Crippen molar-refractivity contribution in [3.63, 3.8) is 0 Å². The number of benzene rings is 1. The van der Waals surface area contributed by atoms with Gasteiger partial charge in [0, 0.05) is 27.2 Å². The van der Waals surface area contributed by atoms with Crippen LogP contribution in [-0.2, 0) is 10.0 Å². The van der Waals surface area contributed by atoms with Gasteiger partial charge in [-0.05, 0) is 24.6 Å². The Balaban J connectivity index is 3.25. The maximum absolute atomic E-state index is 12.5. The Hall–Kier alpha value is -1.40. The molecular weight excluding hydrogens is 274 g/mol. The number of sulfonamides is 1. The molecule has 0 radical (unpaired) electrons. The standard InChI is InChI=1S/C14H23N3O2S/c1-6-17(7-2)20(18,19)13-9-8-12(3)14(10-13)15-11-16(4)5/h8-11H,6-7H2,1-5H3. The summed E-state index contributed by atoms with van der Waals surface area (Å²) in [5.74, 6) is 0. The molecule has 0 heterocycles. The minimum Gasteiger partial charge on any atom is -0.369 e. The van der Waals surface area contributed by atoms with Gasteiger partial charge in [0.05, 0.1) is 16.9 Å². The van der Waals surface area contributed by atoms with Gasteiger partial charge >= 0.3 is 0 Å². The van der Waals surface area contributed by atoms with Crippen molar-refractivity contribution in [2.75, 3.05) is 27.2 Å². The van der Waals surface area contributed by atoms with Crippen molar-refractivity contribution < 1.29 is 8.42 Å². The molecule has 5 nitrogen and oxygen atoms in total. The summed E-state index contributed by atoms with van der Waals surface area (Å²) in [6, 6.07) is 5.05. The first-order valence-corrected chi connectivity index (χ1v) is 8.08. The molecule has 0 N–H and O–H groups in total. The first-order chi connectivity index (χ1) is 9.32. The van der Waals surface area contributed by atoms with Crippen molar-refractivity contribution in [3.05, 3.63) is 23.8 Å². The summed E-state index contributed by atoms with van der Waals surface area (Å²) in [7, 11) is 0.308. The SMILES string of the molecule is CCN(CC)S(=O)(=O)c1ccc(C)c(N=CN(C)C)c1. The summed E-state index contributed by atoms with van der Waals surface area (Å²) < 4.78 is 26.4. The van der Waals surface area contributed by atoms with Crippen LogP contribution in [0.3, 0.4) is 0 Å². The molecule has 0 spiro atoms. The topological polar surface area (TPSA) is 53.0 Å². The van der Waals surface area contributed by atoms with Crippen LogP contribution in [-0.4, -0.2) is 51.1 Å². The molecule has 0 bridgehead atoms. The number of rotatable bonds is 6. The lowest BCUT2D eigenvalue weighted by Crippen LogP contribution is -2.30. The maximum Gasteiger partial charge on any atom is 0.243 e. The summed E-state index contributed by atoms with van der Waals surface area (Å²) in [6.07, 6.45) is 1.66. The zero-order chi connectivity index (χ0) is 15.3. The first-order valence-electron chi connectivity index (χ1n) is 6.64. The van der Waals surface area contributed by atoms with Crippen LogP contribution in [0.2, 0.25) is 0 Å². The Morgan fingerprint density at radius 1 is 1.20 bits per heavy atom. The molecular formula is C14H23N3O2S. The molecule has 1 aromatic rings. The molecule has 0 saturated heterocycles. The van der Waals surface area contributed by atoms with Crippen molar-refractivity contribution in [1.29, 1.82) is 0 Å². The minimum atomic E-state index is -3.43. The van der Waals surface area contributed by atoms with E-state index in [1.54, 1.807) is 24.5 Å². The van der Waals surface area contributed by atoms with E-state index >= 15 is 0 Å². The second-order valence-electron chi connectivity index (χ2n) is 4.75. The molecule has 0 aliphatic heterocycles. The van der Waals surface area contributed by atoms with Crippen molar-refractivity contribution >= 4 is 22.0 Å². The van der Waals surface area contributed by atoms with Gasteiger partial charge in [0.1, 0.15) is 0 Å². The Morgan fingerprint density at radius 2 is 1.80 bits per heavy atom. The molecule has 0 aromatic heterocycles. The van der Waals surface area contributed by atoms with Crippen molar-refractivity contribution in [2.24, 2.45) is 4.99 Å². The lowest BCUT2D eigenvalue weighted by molar-refractivity contribution is 0.445. The summed E-state index contributed by atoms with van der Waals surface area (Å²) in [4.78, 5) is 6.41. The highest BCUT2D eigenvalue weighted by Crippen LogP contribution is 2.24. The van der Waals surface area contributed by atoms with E-state index in [-0.39, 0.29) is 4.90 Å². The molecule has 20 heavy (non-hydrogen) atoms. The van der Waals surface area contributed by atoms with Crippen molar-refractivity contribution in [2.45, 2.75) is 25.7 Å². The van der Waals surface area contributed by atoms with E-state index < -0.39 is 10.0 Å². The van der Waals surface area contributed by atoms with Gasteiger partial charge in [-0.1, -0.05) is 19.9 Å². The van der Waals surface area contributed by atoms with Gasteiger partial charge < -0.3 is 4.90 Å². The fourth-order valence-corrected chi connectivity index (χ4v) is 3.26. The quantitative estimate of drug-likeness (QED) is 0.598. The summed E-state index contributed by atoms with van der Waals surface area (Å²) in [6.45, 7) is 6.50. The molecule has 0 atom stereocenters. The lowest BCUT2D eigenvalue weighted by atomic mass is 10.2. The van der Waals surface area contributed by atoms with Crippen LogP contribution in [0.1, 0.15) is 19.4 Å². The summed E-state index contributed by atoms with van der Waals surface area (Å²) in [5, 5.41) is 0. The molecule has 1 aromatic carbocycles. The molecule has 0 fully saturated rings. The van der Waals surface area contributed by atoms with E-state index in [1.807, 2.05) is 39.8 Å². The molecule has 0 aliphatic carbocycles. The van der Waals surface area contributed by atoms with E-state index in [4.69, 9.17) is 0 Å². The fraction of sp³-hybridized carbons (Fsp3) is 0.500. The van der Waals surface area contributed by atoms with Crippen LogP contribution in [0.5, 0.6) is 0 Å². The Kier molecular flexibility index (Phi) is 5.71. The van der Waals surface area contributed by atoms with E-state index in [9.17, 15) is 8.42 Å². The minimum absolute atomic E-state index is 0.290. The van der Waals surface area contributed by atoms with Gasteiger partial charge in [-0.25, -0.2) is 13.4 Å². The molecule has 0 aliphatic rings. The normalized spacial score (nSPS) is 12.3. The van der Waals surface area contributed by atoms with Crippen LogP contribution in [0.15, 0.2) is 28.1 Å². The third-order valence-corrected chi connectivity index (χ3v) is 5.00. The number of aryl methyl sites for hydroxylation is 1. The lowest BCUT2D eigenvalue weighted by Gasteiger charge is -2.18. The maximum atomic E-state index is 12.5. The Morgan fingerprint density at radius 3 is 2.30 bits per heavy atom. The fourth-order valence-electron chi connectivity index (χ4n) is 1.78. The van der Waals surface area contributed by atoms with Gasteiger partial charge in [0.2, 0.25) is 10.0 Å². The highest BCUT2D eigenvalue weighted by Gasteiger charge is 2.22. The molecule has 0 amide bonds.